The van der Waals surface area contributed by atoms with Crippen LogP contribution in [0.4, 0.5) is 0 Å². The summed E-state index contributed by atoms with van der Waals surface area (Å²) in [5.41, 5.74) is 3.53. The van der Waals surface area contributed by atoms with Gasteiger partial charge in [-0.15, -0.1) is 0 Å². The molecule has 0 aliphatic carbocycles. The van der Waals surface area contributed by atoms with E-state index in [1.165, 1.54) is 23.3 Å². The molecule has 2 aromatic rings. The third-order valence-electron chi connectivity index (χ3n) is 5.31. The number of fused-ring (bicyclic) bond motifs is 1. The zero-order chi connectivity index (χ0) is 22.7. The number of aromatic hydroxyl groups is 4. The van der Waals surface area contributed by atoms with Crippen molar-refractivity contribution in [1.82, 2.24) is 0 Å². The largest absolute Gasteiger partial charge is 0.508 e. The summed E-state index contributed by atoms with van der Waals surface area (Å²) < 4.78 is 5.85. The summed E-state index contributed by atoms with van der Waals surface area (Å²) >= 11 is 0. The van der Waals surface area contributed by atoms with Crippen molar-refractivity contribution < 1.29 is 30.0 Å². The van der Waals surface area contributed by atoms with E-state index >= 15 is 0 Å². The maximum atomic E-state index is 12.6. The lowest BCUT2D eigenvalue weighted by Gasteiger charge is -2.26. The topological polar surface area (TPSA) is 107 Å². The standard InChI is InChI=1S/C25H28O6/c1-14(2)5-4-6-15(3)7-8-16-9-17(10-21(29)25(16)30)22-13-20(28)24-19(27)11-18(26)12-23(24)31-22/h5,7,9-12,22,26-27,29-30H,4,6,8,13H2,1-3H3. The molecule has 3 rings (SSSR count). The number of phenols is 4. The van der Waals surface area contributed by atoms with E-state index in [0.717, 1.165) is 18.9 Å². The van der Waals surface area contributed by atoms with Crippen molar-refractivity contribution in [2.45, 2.75) is 52.6 Å². The van der Waals surface area contributed by atoms with Gasteiger partial charge in [-0.25, -0.2) is 0 Å². The Hall–Kier alpha value is -3.41. The maximum Gasteiger partial charge on any atom is 0.174 e. The molecule has 2 aromatic carbocycles. The molecule has 0 spiro atoms. The SMILES string of the molecule is CC(C)=CCCC(C)=CCc1cc(C2CC(=O)c3c(O)cc(O)cc3O2)cc(O)c1O. The van der Waals surface area contributed by atoms with Crippen LogP contribution < -0.4 is 4.74 Å². The second-order valence-corrected chi connectivity index (χ2v) is 8.19. The van der Waals surface area contributed by atoms with E-state index < -0.39 is 6.10 Å². The van der Waals surface area contributed by atoms with Crippen LogP contribution in [0, 0.1) is 0 Å². The summed E-state index contributed by atoms with van der Waals surface area (Å²) in [7, 11) is 0. The van der Waals surface area contributed by atoms with Gasteiger partial charge in [0.25, 0.3) is 0 Å². The summed E-state index contributed by atoms with van der Waals surface area (Å²) in [5.74, 6) is -1.27. The molecule has 6 heteroatoms. The van der Waals surface area contributed by atoms with Crippen molar-refractivity contribution in [1.29, 1.82) is 0 Å². The molecule has 1 atom stereocenters. The monoisotopic (exact) mass is 424 g/mol. The summed E-state index contributed by atoms with van der Waals surface area (Å²) in [6, 6.07) is 5.45. The first-order valence-electron chi connectivity index (χ1n) is 10.2. The van der Waals surface area contributed by atoms with Crippen molar-refractivity contribution in [2.24, 2.45) is 0 Å². The van der Waals surface area contributed by atoms with Crippen LogP contribution in [0.5, 0.6) is 28.7 Å². The van der Waals surface area contributed by atoms with Gasteiger partial charge in [-0.05, 0) is 57.7 Å². The van der Waals surface area contributed by atoms with Crippen LogP contribution in [0.1, 0.15) is 67.6 Å². The molecule has 31 heavy (non-hydrogen) atoms. The van der Waals surface area contributed by atoms with Gasteiger partial charge in [-0.1, -0.05) is 23.3 Å². The van der Waals surface area contributed by atoms with E-state index in [-0.39, 0.29) is 46.5 Å². The van der Waals surface area contributed by atoms with Gasteiger partial charge in [0.15, 0.2) is 17.3 Å². The molecule has 164 valence electrons. The van der Waals surface area contributed by atoms with Gasteiger partial charge >= 0.3 is 0 Å². The number of ether oxygens (including phenoxy) is 1. The quantitative estimate of drug-likeness (QED) is 0.363. The molecule has 1 unspecified atom stereocenters. The maximum absolute atomic E-state index is 12.6. The third-order valence-corrected chi connectivity index (χ3v) is 5.31. The summed E-state index contributed by atoms with van der Waals surface area (Å²) in [4.78, 5) is 12.6. The lowest BCUT2D eigenvalue weighted by Crippen LogP contribution is -2.20. The highest BCUT2D eigenvalue weighted by Gasteiger charge is 2.31. The van der Waals surface area contributed by atoms with E-state index in [2.05, 4.69) is 19.9 Å². The van der Waals surface area contributed by atoms with Crippen molar-refractivity contribution in [3.63, 3.8) is 0 Å². The van der Waals surface area contributed by atoms with Crippen LogP contribution in [-0.2, 0) is 6.42 Å². The van der Waals surface area contributed by atoms with Gasteiger partial charge in [-0.2, -0.15) is 0 Å². The Morgan fingerprint density at radius 2 is 1.77 bits per heavy atom. The predicted octanol–water partition coefficient (Wildman–Crippen LogP) is 5.45. The molecule has 1 aliphatic rings. The second kappa shape index (κ2) is 9.16. The van der Waals surface area contributed by atoms with Gasteiger partial charge in [0, 0.05) is 17.7 Å². The fourth-order valence-corrected chi connectivity index (χ4v) is 3.63. The Labute approximate surface area is 181 Å². The first-order chi connectivity index (χ1) is 14.7. The highest BCUT2D eigenvalue weighted by molar-refractivity contribution is 6.02. The molecule has 0 bridgehead atoms. The van der Waals surface area contributed by atoms with Crippen LogP contribution in [-0.4, -0.2) is 26.2 Å². The molecule has 1 heterocycles. The first-order valence-corrected chi connectivity index (χ1v) is 10.2. The smallest absolute Gasteiger partial charge is 0.174 e. The molecule has 1 aliphatic heterocycles. The Morgan fingerprint density at radius 3 is 2.48 bits per heavy atom. The fraction of sp³-hybridized carbons (Fsp3) is 0.320. The summed E-state index contributed by atoms with van der Waals surface area (Å²) in [6.45, 7) is 6.15. The molecular weight excluding hydrogens is 396 g/mol. The van der Waals surface area contributed by atoms with Gasteiger partial charge in [0.2, 0.25) is 0 Å². The third kappa shape index (κ3) is 5.20. The zero-order valence-corrected chi connectivity index (χ0v) is 18.0. The average molecular weight is 424 g/mol. The van der Waals surface area contributed by atoms with Gasteiger partial charge in [0.05, 0.1) is 6.42 Å². The molecule has 0 radical (unpaired) electrons. The number of hydrogen-bond donors (Lipinski definition) is 4. The lowest BCUT2D eigenvalue weighted by atomic mass is 9.93. The second-order valence-electron chi connectivity index (χ2n) is 8.19. The Kier molecular flexibility index (Phi) is 6.59. The first kappa shape index (κ1) is 22.3. The number of allylic oxidation sites excluding steroid dienone is 4. The van der Waals surface area contributed by atoms with E-state index in [0.29, 0.717) is 17.5 Å². The van der Waals surface area contributed by atoms with Crippen LogP contribution in [0.15, 0.2) is 47.6 Å². The Bertz CT molecular complexity index is 1060. The lowest BCUT2D eigenvalue weighted by molar-refractivity contribution is 0.0844. The number of benzene rings is 2. The van der Waals surface area contributed by atoms with E-state index in [4.69, 9.17) is 4.74 Å². The predicted molar refractivity (Wildman–Crippen MR) is 118 cm³/mol. The number of carbonyl (C=O) groups is 1. The molecule has 0 amide bonds. The average Bonchev–Trinajstić information content (AvgIpc) is 2.67. The summed E-state index contributed by atoms with van der Waals surface area (Å²) in [6.07, 6.45) is 5.70. The van der Waals surface area contributed by atoms with E-state index in [9.17, 15) is 25.2 Å². The zero-order valence-electron chi connectivity index (χ0n) is 18.0. The number of hydrogen-bond acceptors (Lipinski definition) is 6. The summed E-state index contributed by atoms with van der Waals surface area (Å²) in [5, 5.41) is 40.2. The molecule has 0 fully saturated rings. The number of Topliss-reactive ketones (excluding diaryl/α,β-unsaturated/α-hetero) is 1. The van der Waals surface area contributed by atoms with E-state index in [1.807, 2.05) is 13.0 Å². The van der Waals surface area contributed by atoms with E-state index in [1.54, 1.807) is 6.07 Å². The van der Waals surface area contributed by atoms with Crippen molar-refractivity contribution in [3.05, 3.63) is 64.3 Å². The molecule has 0 aromatic heterocycles. The minimum atomic E-state index is -0.714. The number of ketones is 1. The van der Waals surface area contributed by atoms with Gasteiger partial charge in [0.1, 0.15) is 28.9 Å². The molecule has 4 N–H and O–H groups in total. The normalized spacial score (nSPS) is 15.9. The van der Waals surface area contributed by atoms with Crippen molar-refractivity contribution in [2.75, 3.05) is 0 Å². The van der Waals surface area contributed by atoms with Gasteiger partial charge < -0.3 is 25.2 Å². The Balaban J connectivity index is 1.84. The number of carbonyl (C=O) groups excluding carboxylic acids is 1. The van der Waals surface area contributed by atoms with Crippen LogP contribution in [0.3, 0.4) is 0 Å². The number of rotatable bonds is 6. The fourth-order valence-electron chi connectivity index (χ4n) is 3.63. The number of phenolic OH excluding ortho intramolecular Hbond substituents is 4. The molecule has 0 saturated carbocycles. The molecular formula is C25H28O6. The Morgan fingerprint density at radius 1 is 1.03 bits per heavy atom. The van der Waals surface area contributed by atoms with Crippen LogP contribution >= 0.6 is 0 Å². The molecule has 6 nitrogen and oxygen atoms in total. The highest BCUT2D eigenvalue weighted by atomic mass is 16.5. The molecule has 0 saturated heterocycles. The highest BCUT2D eigenvalue weighted by Crippen LogP contribution is 2.43. The minimum Gasteiger partial charge on any atom is -0.508 e. The van der Waals surface area contributed by atoms with Crippen molar-refractivity contribution >= 4 is 5.78 Å². The van der Waals surface area contributed by atoms with Gasteiger partial charge in [-0.3, -0.25) is 4.79 Å². The minimum absolute atomic E-state index is 0.0344. The van der Waals surface area contributed by atoms with Crippen molar-refractivity contribution in [3.8, 4) is 28.7 Å². The van der Waals surface area contributed by atoms with Crippen LogP contribution in [0.2, 0.25) is 0 Å². The van der Waals surface area contributed by atoms with Crippen LogP contribution in [0.25, 0.3) is 0 Å².